The Labute approximate surface area is 113 Å². The summed E-state index contributed by atoms with van der Waals surface area (Å²) in [5.41, 5.74) is 7.61. The molecule has 3 rings (SSSR count). The predicted molar refractivity (Wildman–Crippen MR) is 74.4 cm³/mol. The number of carbonyl (C=O) groups excluding carboxylic acids is 1. The number of halogens is 1. The van der Waals surface area contributed by atoms with Crippen LogP contribution in [0, 0.1) is 0 Å². The van der Waals surface area contributed by atoms with Crippen LogP contribution in [0.15, 0.2) is 34.9 Å². The highest BCUT2D eigenvalue weighted by Crippen LogP contribution is 2.30. The van der Waals surface area contributed by atoms with Gasteiger partial charge in [0, 0.05) is 35.1 Å². The van der Waals surface area contributed by atoms with Crippen molar-refractivity contribution in [1.29, 1.82) is 0 Å². The fourth-order valence-electron chi connectivity index (χ4n) is 2.31. The molecule has 5 heteroatoms. The van der Waals surface area contributed by atoms with Gasteiger partial charge in [-0.05, 0) is 24.3 Å². The van der Waals surface area contributed by atoms with Crippen LogP contribution in [-0.2, 0) is 4.79 Å². The van der Waals surface area contributed by atoms with E-state index in [1.54, 1.807) is 11.1 Å². The van der Waals surface area contributed by atoms with Gasteiger partial charge in [-0.15, -0.1) is 0 Å². The number of rotatable bonds is 1. The van der Waals surface area contributed by atoms with Crippen molar-refractivity contribution in [2.75, 3.05) is 11.4 Å². The monoisotopic (exact) mass is 305 g/mol. The fourth-order valence-corrected chi connectivity index (χ4v) is 2.67. The molecule has 1 amide bonds. The lowest BCUT2D eigenvalue weighted by Gasteiger charge is -2.18. The second-order valence-electron chi connectivity index (χ2n) is 4.46. The molecule has 2 heterocycles. The summed E-state index contributed by atoms with van der Waals surface area (Å²) in [4.78, 5) is 18.0. The van der Waals surface area contributed by atoms with E-state index in [1.165, 1.54) is 0 Å². The summed E-state index contributed by atoms with van der Waals surface area (Å²) < 4.78 is 0.972. The van der Waals surface area contributed by atoms with Crippen LogP contribution < -0.4 is 10.6 Å². The van der Waals surface area contributed by atoms with Crippen molar-refractivity contribution in [3.63, 3.8) is 0 Å². The predicted octanol–water partition coefficient (Wildman–Crippen LogP) is 2.06. The summed E-state index contributed by atoms with van der Waals surface area (Å²) in [6, 6.07) is 7.65. The number of amides is 1. The number of nitrogens with zero attached hydrogens (tertiary/aromatic N) is 2. The number of fused-ring (bicyclic) bond motifs is 1. The molecule has 1 aromatic carbocycles. The Kier molecular flexibility index (Phi) is 2.80. The number of benzene rings is 1. The molecule has 1 unspecified atom stereocenters. The number of hydrogen-bond donors (Lipinski definition) is 1. The van der Waals surface area contributed by atoms with Gasteiger partial charge in [-0.1, -0.05) is 15.9 Å². The molecule has 0 aliphatic carbocycles. The lowest BCUT2D eigenvalue weighted by molar-refractivity contribution is -0.117. The first-order chi connectivity index (χ1) is 8.65. The highest BCUT2D eigenvalue weighted by atomic mass is 79.9. The van der Waals surface area contributed by atoms with E-state index in [9.17, 15) is 4.79 Å². The third-order valence-corrected chi connectivity index (χ3v) is 3.62. The minimum absolute atomic E-state index is 0.0760. The molecule has 0 spiro atoms. The molecule has 1 fully saturated rings. The first-order valence-electron chi connectivity index (χ1n) is 5.75. The summed E-state index contributed by atoms with van der Waals surface area (Å²) in [5, 5.41) is 0.967. The molecule has 0 bridgehead atoms. The van der Waals surface area contributed by atoms with Crippen molar-refractivity contribution >= 4 is 38.4 Å². The van der Waals surface area contributed by atoms with Crippen molar-refractivity contribution in [2.24, 2.45) is 5.73 Å². The highest BCUT2D eigenvalue weighted by Gasteiger charge is 2.29. The van der Waals surface area contributed by atoms with Gasteiger partial charge in [-0.3, -0.25) is 9.78 Å². The molecule has 1 atom stereocenters. The van der Waals surface area contributed by atoms with E-state index in [2.05, 4.69) is 20.9 Å². The number of anilines is 1. The van der Waals surface area contributed by atoms with E-state index < -0.39 is 0 Å². The second-order valence-corrected chi connectivity index (χ2v) is 5.38. The van der Waals surface area contributed by atoms with E-state index in [0.29, 0.717) is 13.0 Å². The van der Waals surface area contributed by atoms with Crippen molar-refractivity contribution in [3.05, 3.63) is 34.9 Å². The van der Waals surface area contributed by atoms with Gasteiger partial charge in [0.05, 0.1) is 11.2 Å². The van der Waals surface area contributed by atoms with Gasteiger partial charge >= 0.3 is 0 Å². The molecular formula is C13H12BrN3O. The molecule has 18 heavy (non-hydrogen) atoms. The van der Waals surface area contributed by atoms with Gasteiger partial charge in [-0.2, -0.15) is 0 Å². The van der Waals surface area contributed by atoms with E-state index >= 15 is 0 Å². The zero-order chi connectivity index (χ0) is 12.7. The fraction of sp³-hybridized carbons (Fsp3) is 0.231. The van der Waals surface area contributed by atoms with E-state index in [4.69, 9.17) is 5.73 Å². The molecule has 2 aromatic rings. The Morgan fingerprint density at radius 1 is 1.39 bits per heavy atom. The van der Waals surface area contributed by atoms with Crippen molar-refractivity contribution in [2.45, 2.75) is 12.5 Å². The smallest absolute Gasteiger partial charge is 0.228 e. The number of hydrogen-bond acceptors (Lipinski definition) is 3. The van der Waals surface area contributed by atoms with Gasteiger partial charge in [0.2, 0.25) is 5.91 Å². The topological polar surface area (TPSA) is 59.2 Å². The van der Waals surface area contributed by atoms with Crippen LogP contribution in [0.2, 0.25) is 0 Å². The molecule has 1 saturated heterocycles. The Bertz CT molecular complexity index is 629. The maximum Gasteiger partial charge on any atom is 0.228 e. The Morgan fingerprint density at radius 3 is 2.94 bits per heavy atom. The molecule has 0 radical (unpaired) electrons. The minimum atomic E-state index is -0.0760. The maximum atomic E-state index is 11.9. The van der Waals surface area contributed by atoms with Crippen LogP contribution in [0.5, 0.6) is 0 Å². The highest BCUT2D eigenvalue weighted by molar-refractivity contribution is 9.10. The standard InChI is InChI=1S/C13H12BrN3O/c14-8-1-2-11-10(5-8)12(3-4-16-11)17-7-9(15)6-13(17)18/h1-5,9H,6-7,15H2. The molecule has 2 N–H and O–H groups in total. The lowest BCUT2D eigenvalue weighted by atomic mass is 10.2. The zero-order valence-electron chi connectivity index (χ0n) is 9.64. The summed E-state index contributed by atoms with van der Waals surface area (Å²) in [7, 11) is 0. The van der Waals surface area contributed by atoms with E-state index in [-0.39, 0.29) is 11.9 Å². The first-order valence-corrected chi connectivity index (χ1v) is 6.54. The third-order valence-electron chi connectivity index (χ3n) is 3.13. The molecule has 1 aromatic heterocycles. The normalized spacial score (nSPS) is 19.8. The van der Waals surface area contributed by atoms with Gasteiger partial charge in [0.25, 0.3) is 0 Å². The number of carbonyl (C=O) groups is 1. The Hall–Kier alpha value is -1.46. The summed E-state index contributed by atoms with van der Waals surface area (Å²) in [5.74, 6) is 0.0787. The largest absolute Gasteiger partial charge is 0.326 e. The molecule has 4 nitrogen and oxygen atoms in total. The van der Waals surface area contributed by atoms with Gasteiger partial charge in [0.15, 0.2) is 0 Å². The average molecular weight is 306 g/mol. The third kappa shape index (κ3) is 1.89. The van der Waals surface area contributed by atoms with Crippen LogP contribution >= 0.6 is 15.9 Å². The van der Waals surface area contributed by atoms with E-state index in [1.807, 2.05) is 24.3 Å². The number of nitrogens with two attached hydrogens (primary N) is 1. The van der Waals surface area contributed by atoms with Crippen LogP contribution in [0.25, 0.3) is 10.9 Å². The van der Waals surface area contributed by atoms with Gasteiger partial charge in [0.1, 0.15) is 0 Å². The molecule has 92 valence electrons. The summed E-state index contributed by atoms with van der Waals surface area (Å²) >= 11 is 3.45. The lowest BCUT2D eigenvalue weighted by Crippen LogP contribution is -2.28. The molecule has 1 aliphatic heterocycles. The van der Waals surface area contributed by atoms with E-state index in [0.717, 1.165) is 21.1 Å². The van der Waals surface area contributed by atoms with Gasteiger partial charge < -0.3 is 10.6 Å². The molecule has 1 aliphatic rings. The SMILES string of the molecule is NC1CC(=O)N(c2ccnc3ccc(Br)cc23)C1. The second kappa shape index (κ2) is 4.33. The maximum absolute atomic E-state index is 11.9. The Morgan fingerprint density at radius 2 is 2.22 bits per heavy atom. The van der Waals surface area contributed by atoms with Crippen molar-refractivity contribution < 1.29 is 4.79 Å². The zero-order valence-corrected chi connectivity index (χ0v) is 11.2. The van der Waals surface area contributed by atoms with Crippen LogP contribution in [0.1, 0.15) is 6.42 Å². The van der Waals surface area contributed by atoms with Crippen LogP contribution in [0.3, 0.4) is 0 Å². The first kappa shape index (κ1) is 11.6. The summed E-state index contributed by atoms with van der Waals surface area (Å²) in [6.07, 6.45) is 2.14. The van der Waals surface area contributed by atoms with Gasteiger partial charge in [-0.25, -0.2) is 0 Å². The van der Waals surface area contributed by atoms with Crippen LogP contribution in [0.4, 0.5) is 5.69 Å². The van der Waals surface area contributed by atoms with Crippen molar-refractivity contribution in [3.8, 4) is 0 Å². The Balaban J connectivity index is 2.17. The number of aromatic nitrogens is 1. The van der Waals surface area contributed by atoms with Crippen LogP contribution in [-0.4, -0.2) is 23.5 Å². The average Bonchev–Trinajstić information content (AvgIpc) is 2.67. The summed E-state index contributed by atoms with van der Waals surface area (Å²) in [6.45, 7) is 0.574. The molecular weight excluding hydrogens is 294 g/mol. The number of pyridine rings is 1. The molecule has 0 saturated carbocycles. The quantitative estimate of drug-likeness (QED) is 0.877. The minimum Gasteiger partial charge on any atom is -0.326 e. The van der Waals surface area contributed by atoms with Crippen molar-refractivity contribution in [1.82, 2.24) is 4.98 Å².